The van der Waals surface area contributed by atoms with Crippen molar-refractivity contribution >= 4 is 11.4 Å². The summed E-state index contributed by atoms with van der Waals surface area (Å²) in [6.07, 6.45) is 7.16. The van der Waals surface area contributed by atoms with Gasteiger partial charge in [-0.15, -0.1) is 0 Å². The Hall–Kier alpha value is -2.26. The third-order valence-electron chi connectivity index (χ3n) is 8.44. The third-order valence-corrected chi connectivity index (χ3v) is 8.44. The van der Waals surface area contributed by atoms with Gasteiger partial charge in [-0.1, -0.05) is 86.2 Å². The Labute approximate surface area is 246 Å². The number of allylic oxidation sites excluding steroid dienone is 1. The van der Waals surface area contributed by atoms with Gasteiger partial charge in [0.15, 0.2) is 0 Å². The Kier molecular flexibility index (Phi) is 17.0. The van der Waals surface area contributed by atoms with Gasteiger partial charge >= 0.3 is 0 Å². The monoisotopic (exact) mass is 551 g/mol. The van der Waals surface area contributed by atoms with Crippen molar-refractivity contribution in [2.75, 3.05) is 19.6 Å². The number of carbonyl (C=O) groups excluding carboxylic acids is 1. The van der Waals surface area contributed by atoms with Crippen LogP contribution in [0.25, 0.3) is 5.57 Å². The predicted molar refractivity (Wildman–Crippen MR) is 174 cm³/mol. The lowest BCUT2D eigenvalue weighted by Crippen LogP contribution is -2.39. The highest BCUT2D eigenvalue weighted by Crippen LogP contribution is 2.39. The van der Waals surface area contributed by atoms with E-state index >= 15 is 0 Å². The van der Waals surface area contributed by atoms with Crippen molar-refractivity contribution in [3.8, 4) is 0 Å². The number of ketones is 1. The second-order valence-corrected chi connectivity index (χ2v) is 11.2. The molecule has 0 spiro atoms. The molecule has 2 aromatic rings. The van der Waals surface area contributed by atoms with Crippen LogP contribution in [0.2, 0.25) is 0 Å². The second kappa shape index (κ2) is 19.0. The lowest BCUT2D eigenvalue weighted by atomic mass is 9.76. The lowest BCUT2D eigenvalue weighted by molar-refractivity contribution is -0.116. The number of piperidine rings is 1. The molecule has 1 saturated heterocycles. The van der Waals surface area contributed by atoms with E-state index in [2.05, 4.69) is 64.3 Å². The summed E-state index contributed by atoms with van der Waals surface area (Å²) in [5.41, 5.74) is 8.11. The average Bonchev–Trinajstić information content (AvgIpc) is 2.98. The molecule has 1 fully saturated rings. The fourth-order valence-electron chi connectivity index (χ4n) is 5.66. The zero-order valence-corrected chi connectivity index (χ0v) is 27.2. The number of halogens is 1. The number of nitrogens with zero attached hydrogens (tertiary/aromatic N) is 1. The molecule has 2 nitrogen and oxygen atoms in total. The first kappa shape index (κ1) is 35.8. The summed E-state index contributed by atoms with van der Waals surface area (Å²) in [4.78, 5) is 12.5. The average molecular weight is 552 g/mol. The summed E-state index contributed by atoms with van der Waals surface area (Å²) in [6, 6.07) is 12.2. The molecule has 1 aliphatic heterocycles. The minimum absolute atomic E-state index is 0.152. The van der Waals surface area contributed by atoms with E-state index in [1.807, 2.05) is 26.8 Å². The van der Waals surface area contributed by atoms with Gasteiger partial charge in [0.2, 0.25) is 0 Å². The molecule has 0 radical (unpaired) electrons. The highest BCUT2D eigenvalue weighted by molar-refractivity contribution is 5.74. The van der Waals surface area contributed by atoms with Gasteiger partial charge in [0, 0.05) is 13.0 Å². The number of benzene rings is 2. The Morgan fingerprint density at radius 1 is 1.07 bits per heavy atom. The van der Waals surface area contributed by atoms with Crippen molar-refractivity contribution in [2.45, 2.75) is 119 Å². The van der Waals surface area contributed by atoms with Crippen molar-refractivity contribution in [3.05, 3.63) is 76.6 Å². The van der Waals surface area contributed by atoms with Gasteiger partial charge in [-0.3, -0.25) is 0 Å². The Bertz CT molecular complexity index is 1040. The first-order chi connectivity index (χ1) is 19.2. The molecule has 0 aliphatic carbocycles. The lowest BCUT2D eigenvalue weighted by Gasteiger charge is -2.39. The van der Waals surface area contributed by atoms with Gasteiger partial charge in [-0.05, 0) is 122 Å². The fraction of sp³-hybridized carbons (Fsp3) is 0.595. The molecule has 2 aromatic carbocycles. The van der Waals surface area contributed by atoms with E-state index in [1.165, 1.54) is 24.9 Å². The molecule has 0 saturated carbocycles. The van der Waals surface area contributed by atoms with Crippen LogP contribution in [0.1, 0.15) is 134 Å². The molecular formula is C37H58FNO. The Morgan fingerprint density at radius 2 is 1.73 bits per heavy atom. The first-order valence-electron chi connectivity index (χ1n) is 16.0. The van der Waals surface area contributed by atoms with Crippen LogP contribution in [0, 0.1) is 11.7 Å². The zero-order valence-electron chi connectivity index (χ0n) is 27.2. The summed E-state index contributed by atoms with van der Waals surface area (Å²) in [6.45, 7) is 26.8. The zero-order chi connectivity index (χ0) is 30.2. The molecule has 0 bridgehead atoms. The summed E-state index contributed by atoms with van der Waals surface area (Å²) in [5, 5.41) is 0. The number of Topliss-reactive ketones (excluding diaryl/α,β-unsaturated/α-hetero) is 1. The van der Waals surface area contributed by atoms with Crippen molar-refractivity contribution in [1.82, 2.24) is 4.90 Å². The molecule has 40 heavy (non-hydrogen) atoms. The molecule has 3 unspecified atom stereocenters. The predicted octanol–water partition coefficient (Wildman–Crippen LogP) is 10.4. The van der Waals surface area contributed by atoms with Crippen LogP contribution in [-0.4, -0.2) is 30.3 Å². The fourth-order valence-corrected chi connectivity index (χ4v) is 5.66. The summed E-state index contributed by atoms with van der Waals surface area (Å²) < 4.78 is 13.6. The summed E-state index contributed by atoms with van der Waals surface area (Å²) in [5.74, 6) is 2.05. The Balaban J connectivity index is 0.00000103. The molecular weight excluding hydrogens is 493 g/mol. The normalized spacial score (nSPS) is 17.6. The number of hydrogen-bond acceptors (Lipinski definition) is 2. The van der Waals surface area contributed by atoms with Crippen LogP contribution >= 0.6 is 0 Å². The molecule has 1 heterocycles. The number of carbonyl (C=O) groups is 1. The summed E-state index contributed by atoms with van der Waals surface area (Å²) >= 11 is 0. The van der Waals surface area contributed by atoms with Gasteiger partial charge in [0.25, 0.3) is 0 Å². The van der Waals surface area contributed by atoms with Crippen LogP contribution in [0.15, 0.2) is 43.0 Å². The topological polar surface area (TPSA) is 20.3 Å². The molecule has 0 aromatic heterocycles. The quantitative estimate of drug-likeness (QED) is 0.277. The van der Waals surface area contributed by atoms with E-state index in [0.29, 0.717) is 18.3 Å². The molecule has 0 amide bonds. The number of rotatable bonds is 11. The number of likely N-dealkylation sites (tertiary alicyclic amines) is 1. The molecule has 3 heteroatoms. The van der Waals surface area contributed by atoms with E-state index in [4.69, 9.17) is 0 Å². The van der Waals surface area contributed by atoms with Gasteiger partial charge in [0.1, 0.15) is 11.6 Å². The molecule has 0 N–H and O–H groups in total. The van der Waals surface area contributed by atoms with Crippen LogP contribution < -0.4 is 0 Å². The van der Waals surface area contributed by atoms with E-state index in [1.54, 1.807) is 30.2 Å². The van der Waals surface area contributed by atoms with Crippen LogP contribution in [0.4, 0.5) is 4.39 Å². The Morgan fingerprint density at radius 3 is 2.30 bits per heavy atom. The minimum atomic E-state index is -0.152. The molecule has 1 aliphatic rings. The molecule has 224 valence electrons. The molecule has 3 rings (SSSR count). The van der Waals surface area contributed by atoms with Gasteiger partial charge in [-0.2, -0.15) is 0 Å². The van der Waals surface area contributed by atoms with Crippen LogP contribution in [0.3, 0.4) is 0 Å². The van der Waals surface area contributed by atoms with E-state index in [-0.39, 0.29) is 11.6 Å². The minimum Gasteiger partial charge on any atom is -0.303 e. The number of aryl methyl sites for hydroxylation is 2. The van der Waals surface area contributed by atoms with Crippen molar-refractivity contribution in [2.24, 2.45) is 5.92 Å². The number of hydrogen-bond donors (Lipinski definition) is 0. The van der Waals surface area contributed by atoms with Gasteiger partial charge < -0.3 is 9.69 Å². The standard InChI is InChI=1S/C31H44FN.C4H8O.C2H6/c1-7-22(4)31-25(8-2)13-10-14-29(31)30-21-33(19-17-24(30)6)18-11-12-23(5)28-16-15-27(32)20-26(28)9-3;1-3-4(2)5;1-2/h10,13-16,20,22,24,30H,5,7-9,11-12,17-19,21H2,1-4,6H3;3H2,1-2H3;1-2H3. The van der Waals surface area contributed by atoms with Crippen LogP contribution in [0.5, 0.6) is 0 Å². The summed E-state index contributed by atoms with van der Waals surface area (Å²) in [7, 11) is 0. The van der Waals surface area contributed by atoms with Crippen molar-refractivity contribution < 1.29 is 9.18 Å². The maximum atomic E-state index is 13.6. The largest absolute Gasteiger partial charge is 0.303 e. The van der Waals surface area contributed by atoms with Gasteiger partial charge in [0.05, 0.1) is 0 Å². The second-order valence-electron chi connectivity index (χ2n) is 11.2. The highest BCUT2D eigenvalue weighted by atomic mass is 19.1. The maximum absolute atomic E-state index is 13.6. The van der Waals surface area contributed by atoms with E-state index in [0.717, 1.165) is 61.4 Å². The highest BCUT2D eigenvalue weighted by Gasteiger charge is 2.30. The van der Waals surface area contributed by atoms with Crippen LogP contribution in [-0.2, 0) is 17.6 Å². The third kappa shape index (κ3) is 10.6. The van der Waals surface area contributed by atoms with Crippen molar-refractivity contribution in [1.29, 1.82) is 0 Å². The van der Waals surface area contributed by atoms with E-state index < -0.39 is 0 Å². The van der Waals surface area contributed by atoms with E-state index in [9.17, 15) is 9.18 Å². The maximum Gasteiger partial charge on any atom is 0.129 e. The molecule has 3 atom stereocenters. The van der Waals surface area contributed by atoms with Gasteiger partial charge in [-0.25, -0.2) is 4.39 Å². The smallest absolute Gasteiger partial charge is 0.129 e. The SMILES string of the molecule is C=C(CCCN1CCC(C)C(c2cccc(CC)c2C(C)CC)C1)c1ccc(F)cc1CC.CC.CCC(C)=O. The first-order valence-corrected chi connectivity index (χ1v) is 16.0. The van der Waals surface area contributed by atoms with Crippen molar-refractivity contribution in [3.63, 3.8) is 0 Å².